The molecule has 0 aromatic heterocycles. The number of benzene rings is 9. The van der Waals surface area contributed by atoms with Crippen LogP contribution in [-0.4, -0.2) is 129 Å². The molecule has 0 aliphatic heterocycles. The zero-order valence-electron chi connectivity index (χ0n) is 81.3. The van der Waals surface area contributed by atoms with Crippen molar-refractivity contribution in [2.45, 2.75) is 248 Å². The zero-order chi connectivity index (χ0) is 103. The number of carbonyl (C=O) groups excluding carboxylic acids is 5. The SMILES string of the molecule is Cc1cc([S+](c2ccccc2)c2ccccc2)cc(C)c1OCC(=O)OC1(C)C2CC3CC(C2)CC1C3.Cc1ccc([S+](c2ccccc2)c2ccccc2)cc1.O=C(OC(CS(=O)(=O)[O-])C(F)(F)F)C12CC3CC(CC(C3)C1)C2.O=C(OCC(F)(F)S(=O)(=O)[O-])C12CC3CC(CC(C3)C1)C2.O=C(OCCOC(=O)C(F)(F)S(=O)(=O)[O-])C12CC3CC(CC(C3)C1)C2.c1ccc([S+](c2ccccc2)c2ccccc2)cc1. The topological polar surface area (TPSA) is 312 Å². The molecule has 16 aliphatic carbocycles. The number of rotatable bonds is 27. The molecule has 0 heterocycles. The van der Waals surface area contributed by atoms with E-state index in [2.05, 4.69) is 291 Å². The van der Waals surface area contributed by atoms with Crippen LogP contribution in [-0.2, 0) is 111 Å². The average molecular weight is 2110 g/mol. The van der Waals surface area contributed by atoms with E-state index in [-0.39, 0.29) is 50.9 Å². The number of carbonyl (C=O) groups is 5. The minimum atomic E-state index is -6.15. The second-order valence-corrected chi connectivity index (χ2v) is 52.7. The Balaban J connectivity index is 0.000000127. The third-order valence-corrected chi connectivity index (χ3v) is 40.4. The van der Waals surface area contributed by atoms with Gasteiger partial charge in [0.2, 0.25) is 6.10 Å². The number of hydrogen-bond acceptors (Lipinski definition) is 20. The fourth-order valence-corrected chi connectivity index (χ4v) is 34.0. The number of hydrogen-bond donors (Lipinski definition) is 0. The molecule has 0 amide bonds. The van der Waals surface area contributed by atoms with Crippen LogP contribution >= 0.6 is 0 Å². The highest BCUT2D eigenvalue weighted by molar-refractivity contribution is 7.97. The van der Waals surface area contributed by atoms with Crippen molar-refractivity contribution in [2.24, 2.45) is 93.2 Å². The Labute approximate surface area is 853 Å². The van der Waals surface area contributed by atoms with Crippen LogP contribution in [0.5, 0.6) is 5.75 Å². The molecule has 0 saturated heterocycles. The molecule has 145 heavy (non-hydrogen) atoms. The van der Waals surface area contributed by atoms with E-state index in [0.717, 1.165) is 106 Å². The van der Waals surface area contributed by atoms with Gasteiger partial charge < -0.3 is 42.1 Å². The Hall–Kier alpha value is -9.58. The Bertz CT molecular complexity index is 6010. The summed E-state index contributed by atoms with van der Waals surface area (Å²) in [6, 6.07) is 88.3. The molecule has 16 saturated carbocycles. The second-order valence-electron chi connectivity index (χ2n) is 42.2. The van der Waals surface area contributed by atoms with Gasteiger partial charge in [0.05, 0.1) is 64.8 Å². The maximum atomic E-state index is 13.1. The Morgan fingerprint density at radius 3 is 0.945 bits per heavy atom. The number of halogens is 7. The summed E-state index contributed by atoms with van der Waals surface area (Å²) in [5, 5.41) is -9.72. The summed E-state index contributed by atoms with van der Waals surface area (Å²) in [6.45, 7) is 5.57. The highest BCUT2D eigenvalue weighted by Crippen LogP contribution is 2.65. The number of esters is 5. The van der Waals surface area contributed by atoms with Crippen molar-refractivity contribution in [3.8, 4) is 5.75 Å². The predicted octanol–water partition coefficient (Wildman–Crippen LogP) is 22.9. The van der Waals surface area contributed by atoms with Crippen LogP contribution in [0.3, 0.4) is 0 Å². The lowest BCUT2D eigenvalue weighted by atomic mass is 9.49. The minimum Gasteiger partial charge on any atom is -0.748 e. The molecule has 776 valence electrons. The lowest BCUT2D eigenvalue weighted by molar-refractivity contribution is -0.226. The van der Waals surface area contributed by atoms with E-state index < -0.39 is 119 Å². The van der Waals surface area contributed by atoms with Gasteiger partial charge in [-0.1, -0.05) is 145 Å². The van der Waals surface area contributed by atoms with E-state index in [4.69, 9.17) is 14.2 Å². The molecular weight excluding hydrogens is 1990 g/mol. The summed E-state index contributed by atoms with van der Waals surface area (Å²) in [5.41, 5.74) is 0.893. The normalized spacial score (nSPS) is 27.4. The standard InChI is InChI=1S/C33H37O3S.C19H17S.C18H15S.C15H20F2O7S.C14H19F3O5S.C13H18F2O5S/c1-22-14-30(37(28-10-6-4-7-11-28)29-12-8-5-9-13-29)15-23(2)32(22)35-21-31(34)36-33(3)26-17-24-16-25(19-26)20-27(33)18-24;1-16-12-14-19(15-13-16)20(17-8-4-2-5-9-17)18-10-6-3-7-11-18;1-4-10-16(11-5-1)19(17-12-6-2-7-13-17)18-14-8-3-9-15-18;16-15(17,25(20,21)22)13(19)24-2-1-23-12(18)14-6-9-3-10(7-14)5-11(4-9)8-14;15-14(16,17)11(7-23(19,20)21)22-12(18)13-4-8-1-9(5-13)3-10(2-8)6-13;14-13(15,21(17,18)19)7-20-11(16)12-4-8-1-9(5-12)3-10(2-8)6-12/h4-15,24-27H,16-21H2,1-3H3;2-15H,1H3;1-15H;9-11H,1-8H2,(H,20,21,22);8-11H,1-7H2,(H,19,20,21);8-10H,1-7H2,(H,17,18,19)/q3*+1;;;/p-3. The first-order chi connectivity index (χ1) is 68.8. The van der Waals surface area contributed by atoms with Gasteiger partial charge in [-0.15, -0.1) is 0 Å². The summed E-state index contributed by atoms with van der Waals surface area (Å²) in [4.78, 5) is 73.1. The van der Waals surface area contributed by atoms with Gasteiger partial charge in [0.25, 0.3) is 0 Å². The van der Waals surface area contributed by atoms with E-state index in [9.17, 15) is 93.6 Å². The van der Waals surface area contributed by atoms with Crippen molar-refractivity contribution < 1.29 is 122 Å². The van der Waals surface area contributed by atoms with E-state index in [1.54, 1.807) is 0 Å². The van der Waals surface area contributed by atoms with Gasteiger partial charge in [-0.2, -0.15) is 30.7 Å². The quantitative estimate of drug-likeness (QED) is 0.0115. The van der Waals surface area contributed by atoms with Crippen molar-refractivity contribution in [2.75, 3.05) is 32.2 Å². The molecule has 16 fully saturated rings. The molecule has 9 aromatic carbocycles. The van der Waals surface area contributed by atoms with Crippen LogP contribution in [0.15, 0.2) is 293 Å². The minimum absolute atomic E-state index is 0.0146. The first kappa shape index (κ1) is 108. The Morgan fingerprint density at radius 2 is 0.648 bits per heavy atom. The van der Waals surface area contributed by atoms with Crippen LogP contribution in [0.1, 0.15) is 171 Å². The van der Waals surface area contributed by atoms with Gasteiger partial charge >= 0.3 is 46.5 Å². The third kappa shape index (κ3) is 25.9. The molecule has 9 aromatic rings. The van der Waals surface area contributed by atoms with Crippen molar-refractivity contribution in [1.82, 2.24) is 0 Å². The summed E-state index contributed by atoms with van der Waals surface area (Å²) in [7, 11) is -17.4. The van der Waals surface area contributed by atoms with Gasteiger partial charge in [0.1, 0.15) is 24.6 Å². The fourth-order valence-electron chi connectivity index (χ4n) is 26.4. The molecular formula is C112H123F7O20S6. The average Bonchev–Trinajstić information content (AvgIpc) is 0.748. The van der Waals surface area contributed by atoms with Crippen LogP contribution < -0.4 is 4.74 Å². The molecule has 0 spiro atoms. The summed E-state index contributed by atoms with van der Waals surface area (Å²) in [5.74, 6) is 0.808. The second kappa shape index (κ2) is 45.1. The lowest BCUT2D eigenvalue weighted by Gasteiger charge is -2.59. The van der Waals surface area contributed by atoms with E-state index >= 15 is 0 Å². The van der Waals surface area contributed by atoms with E-state index in [1.165, 1.54) is 81.7 Å². The van der Waals surface area contributed by atoms with Crippen molar-refractivity contribution in [3.05, 3.63) is 265 Å². The highest BCUT2D eigenvalue weighted by atomic mass is 32.2. The predicted molar refractivity (Wildman–Crippen MR) is 530 cm³/mol. The van der Waals surface area contributed by atoms with Crippen LogP contribution in [0, 0.1) is 114 Å². The highest BCUT2D eigenvalue weighted by Gasteiger charge is 2.62. The Morgan fingerprint density at radius 1 is 0.366 bits per heavy atom. The van der Waals surface area contributed by atoms with Gasteiger partial charge in [-0.25, -0.2) is 34.8 Å². The van der Waals surface area contributed by atoms with Crippen molar-refractivity contribution in [1.29, 1.82) is 0 Å². The largest absolute Gasteiger partial charge is 0.748 e. The van der Waals surface area contributed by atoms with Crippen molar-refractivity contribution >= 4 is 92.9 Å². The summed E-state index contributed by atoms with van der Waals surface area (Å²) < 4.78 is 216. The van der Waals surface area contributed by atoms with E-state index in [0.29, 0.717) is 104 Å². The Kier molecular flexibility index (Phi) is 33.6. The number of ether oxygens (including phenoxy) is 6. The lowest BCUT2D eigenvalue weighted by Crippen LogP contribution is -2.58. The monoisotopic (exact) mass is 2110 g/mol. The smallest absolute Gasteiger partial charge is 0.428 e. The number of aryl methyl sites for hydroxylation is 3. The molecule has 25 rings (SSSR count). The van der Waals surface area contributed by atoms with Gasteiger partial charge in [-0.3, -0.25) is 14.4 Å². The number of alkyl halides is 7. The summed E-state index contributed by atoms with van der Waals surface area (Å²) in [6.07, 6.45) is 13.7. The van der Waals surface area contributed by atoms with Crippen LogP contribution in [0.25, 0.3) is 0 Å². The molecule has 1 atom stereocenters. The van der Waals surface area contributed by atoms with Crippen LogP contribution in [0.4, 0.5) is 30.7 Å². The first-order valence-electron chi connectivity index (χ1n) is 49.8. The molecule has 0 N–H and O–H groups in total. The maximum absolute atomic E-state index is 13.1. The third-order valence-electron chi connectivity index (χ3n) is 31.4. The fraction of sp³-hybridized carbons (Fsp3) is 0.473. The molecule has 1 unspecified atom stereocenters. The molecule has 0 radical (unpaired) electrons. The van der Waals surface area contributed by atoms with Gasteiger partial charge in [0.15, 0.2) is 77.5 Å². The van der Waals surface area contributed by atoms with Gasteiger partial charge in [-0.05, 0) is 360 Å². The molecule has 33 heteroatoms. The van der Waals surface area contributed by atoms with Gasteiger partial charge in [0, 0.05) is 12.1 Å². The zero-order valence-corrected chi connectivity index (χ0v) is 86.2. The first-order valence-corrected chi connectivity index (χ1v) is 57.9. The van der Waals surface area contributed by atoms with Crippen LogP contribution in [0.2, 0.25) is 0 Å². The van der Waals surface area contributed by atoms with E-state index in [1.807, 2.05) is 0 Å². The summed E-state index contributed by atoms with van der Waals surface area (Å²) >= 11 is 0. The molecule has 16 aliphatic rings. The molecule has 20 nitrogen and oxygen atoms in total. The van der Waals surface area contributed by atoms with Crippen molar-refractivity contribution in [3.63, 3.8) is 0 Å². The maximum Gasteiger partial charge on any atom is 0.428 e. The molecule has 16 bridgehead atoms.